The Hall–Kier alpha value is -1.43. The molecule has 5 heteroatoms. The van der Waals surface area contributed by atoms with Gasteiger partial charge in [-0.1, -0.05) is 30.3 Å². The second-order valence-corrected chi connectivity index (χ2v) is 8.50. The molecular weight excluding hydrogens is 328 g/mol. The van der Waals surface area contributed by atoms with Crippen LogP contribution in [0.4, 0.5) is 0 Å². The van der Waals surface area contributed by atoms with Crippen molar-refractivity contribution in [2.45, 2.75) is 49.7 Å². The van der Waals surface area contributed by atoms with Gasteiger partial charge in [-0.15, -0.1) is 0 Å². The Morgan fingerprint density at radius 3 is 2.35 bits per heavy atom. The third-order valence-corrected chi connectivity index (χ3v) is 6.36. The number of amides is 1. The van der Waals surface area contributed by atoms with E-state index in [4.69, 9.17) is 0 Å². The number of β-amino-alcohol motifs (C(OH)–C–C–N with tert-alkyl or cyclic N) is 1. The van der Waals surface area contributed by atoms with E-state index in [1.807, 2.05) is 35.2 Å². The fourth-order valence-corrected chi connectivity index (χ4v) is 4.49. The highest BCUT2D eigenvalue weighted by molar-refractivity contribution is 5.86. The van der Waals surface area contributed by atoms with Gasteiger partial charge in [-0.05, 0) is 50.0 Å². The van der Waals surface area contributed by atoms with Crippen LogP contribution in [0.25, 0.3) is 0 Å². The molecule has 2 saturated heterocycles. The number of hydrogen-bond acceptors (Lipinski definition) is 4. The first-order valence-corrected chi connectivity index (χ1v) is 10.0. The van der Waals surface area contributed by atoms with Crippen molar-refractivity contribution < 1.29 is 15.0 Å². The monoisotopic (exact) mass is 358 g/mol. The van der Waals surface area contributed by atoms with Crippen molar-refractivity contribution in [2.24, 2.45) is 5.92 Å². The van der Waals surface area contributed by atoms with E-state index in [0.717, 1.165) is 25.1 Å². The molecule has 0 spiro atoms. The maximum absolute atomic E-state index is 12.8. The van der Waals surface area contributed by atoms with Crippen LogP contribution in [0.15, 0.2) is 30.3 Å². The first-order chi connectivity index (χ1) is 12.5. The first kappa shape index (κ1) is 18.0. The number of carbonyl (C=O) groups is 1. The molecule has 1 aliphatic carbocycles. The lowest BCUT2D eigenvalue weighted by Crippen LogP contribution is -2.60. The second-order valence-electron chi connectivity index (χ2n) is 8.50. The summed E-state index contributed by atoms with van der Waals surface area (Å²) in [6.45, 7) is 3.38. The molecule has 2 N–H and O–H groups in total. The fraction of sp³-hybridized carbons (Fsp3) is 0.667. The van der Waals surface area contributed by atoms with Crippen LogP contribution in [0.3, 0.4) is 0 Å². The summed E-state index contributed by atoms with van der Waals surface area (Å²) in [6, 6.07) is 9.82. The van der Waals surface area contributed by atoms with Crippen molar-refractivity contribution in [2.75, 3.05) is 32.7 Å². The summed E-state index contributed by atoms with van der Waals surface area (Å²) in [5.41, 5.74) is -1.09. The molecule has 0 radical (unpaired) electrons. The van der Waals surface area contributed by atoms with Gasteiger partial charge in [0.25, 0.3) is 5.91 Å². The molecule has 3 aliphatic rings. The molecule has 1 aromatic carbocycles. The van der Waals surface area contributed by atoms with Gasteiger partial charge in [-0.3, -0.25) is 9.69 Å². The molecule has 1 amide bonds. The largest absolute Gasteiger partial charge is 0.385 e. The minimum absolute atomic E-state index is 0.0838. The summed E-state index contributed by atoms with van der Waals surface area (Å²) in [6.07, 6.45) is 5.11. The zero-order valence-electron chi connectivity index (χ0n) is 15.4. The average molecular weight is 358 g/mol. The van der Waals surface area contributed by atoms with Crippen LogP contribution >= 0.6 is 0 Å². The van der Waals surface area contributed by atoms with E-state index >= 15 is 0 Å². The van der Waals surface area contributed by atoms with Gasteiger partial charge in [-0.2, -0.15) is 0 Å². The number of likely N-dealkylation sites (tertiary alicyclic amines) is 2. The highest BCUT2D eigenvalue weighted by Crippen LogP contribution is 2.35. The second kappa shape index (κ2) is 6.95. The van der Waals surface area contributed by atoms with E-state index in [1.165, 1.54) is 12.8 Å². The Bertz CT molecular complexity index is 638. The molecule has 1 saturated carbocycles. The van der Waals surface area contributed by atoms with Gasteiger partial charge >= 0.3 is 0 Å². The highest BCUT2D eigenvalue weighted by atomic mass is 16.3. The lowest BCUT2D eigenvalue weighted by Gasteiger charge is -2.44. The molecular formula is C21H30N2O3. The number of nitrogens with zero attached hydrogens (tertiary/aromatic N) is 2. The lowest BCUT2D eigenvalue weighted by molar-refractivity contribution is -0.161. The molecule has 3 fully saturated rings. The van der Waals surface area contributed by atoms with Crippen molar-refractivity contribution in [3.05, 3.63) is 35.9 Å². The minimum Gasteiger partial charge on any atom is -0.385 e. The van der Waals surface area contributed by atoms with Crippen LogP contribution in [0, 0.1) is 5.92 Å². The van der Waals surface area contributed by atoms with Crippen LogP contribution in [-0.4, -0.2) is 64.2 Å². The molecule has 0 unspecified atom stereocenters. The summed E-state index contributed by atoms with van der Waals surface area (Å²) in [5.74, 6) is 0.566. The van der Waals surface area contributed by atoms with E-state index in [9.17, 15) is 15.0 Å². The zero-order chi connectivity index (χ0) is 18.2. The van der Waals surface area contributed by atoms with Crippen molar-refractivity contribution in [1.29, 1.82) is 0 Å². The van der Waals surface area contributed by atoms with Gasteiger partial charge in [0.15, 0.2) is 5.60 Å². The van der Waals surface area contributed by atoms with Crippen molar-refractivity contribution in [1.82, 2.24) is 9.80 Å². The van der Waals surface area contributed by atoms with Gasteiger partial charge in [0.1, 0.15) is 0 Å². The van der Waals surface area contributed by atoms with Crippen molar-refractivity contribution in [3.8, 4) is 0 Å². The van der Waals surface area contributed by atoms with E-state index in [0.29, 0.717) is 44.8 Å². The number of rotatable bonds is 5. The van der Waals surface area contributed by atoms with Crippen molar-refractivity contribution in [3.63, 3.8) is 0 Å². The Morgan fingerprint density at radius 1 is 1.00 bits per heavy atom. The third kappa shape index (κ3) is 3.66. The van der Waals surface area contributed by atoms with Crippen LogP contribution in [0.2, 0.25) is 0 Å². The van der Waals surface area contributed by atoms with Gasteiger partial charge < -0.3 is 15.1 Å². The summed E-state index contributed by atoms with van der Waals surface area (Å²) < 4.78 is 0. The fourth-order valence-electron chi connectivity index (χ4n) is 4.49. The van der Waals surface area contributed by atoms with Crippen LogP contribution < -0.4 is 0 Å². The van der Waals surface area contributed by atoms with E-state index in [1.54, 1.807) is 0 Å². The van der Waals surface area contributed by atoms with Crippen LogP contribution in [0.1, 0.15) is 44.1 Å². The summed E-state index contributed by atoms with van der Waals surface area (Å²) in [5, 5.41) is 22.0. The SMILES string of the molecule is O=C1N(CC2CC2)CCC[C@@]1(O)CN1CCC(O)(c2ccccc2)CC1. The average Bonchev–Trinajstić information content (AvgIpc) is 3.46. The molecule has 142 valence electrons. The molecule has 1 atom stereocenters. The molecule has 2 aliphatic heterocycles. The summed E-state index contributed by atoms with van der Waals surface area (Å²) >= 11 is 0. The van der Waals surface area contributed by atoms with Crippen molar-refractivity contribution >= 4 is 5.91 Å². The summed E-state index contributed by atoms with van der Waals surface area (Å²) in [7, 11) is 0. The topological polar surface area (TPSA) is 64.0 Å². The maximum Gasteiger partial charge on any atom is 0.255 e. The third-order valence-electron chi connectivity index (χ3n) is 6.36. The summed E-state index contributed by atoms with van der Waals surface area (Å²) in [4.78, 5) is 16.9. The molecule has 4 rings (SSSR count). The maximum atomic E-state index is 12.8. The van der Waals surface area contributed by atoms with Gasteiger partial charge in [0, 0.05) is 32.7 Å². The van der Waals surface area contributed by atoms with E-state index < -0.39 is 11.2 Å². The Balaban J connectivity index is 1.36. The van der Waals surface area contributed by atoms with E-state index in [2.05, 4.69) is 4.90 Å². The smallest absolute Gasteiger partial charge is 0.255 e. The number of piperidine rings is 2. The first-order valence-electron chi connectivity index (χ1n) is 10.0. The van der Waals surface area contributed by atoms with Gasteiger partial charge in [0.2, 0.25) is 0 Å². The molecule has 0 bridgehead atoms. The van der Waals surface area contributed by atoms with Gasteiger partial charge in [-0.25, -0.2) is 0 Å². The molecule has 1 aromatic rings. The standard InChI is InChI=1S/C21H30N2O3/c24-19-21(26,9-4-12-23(19)15-17-7-8-17)16-22-13-10-20(25,11-14-22)18-5-2-1-3-6-18/h1-3,5-6,17,25-26H,4,7-16H2/t21-/m1/s1. The van der Waals surface area contributed by atoms with Crippen LogP contribution in [0.5, 0.6) is 0 Å². The lowest BCUT2D eigenvalue weighted by atomic mass is 9.83. The van der Waals surface area contributed by atoms with Crippen LogP contribution in [-0.2, 0) is 10.4 Å². The predicted molar refractivity (Wildman–Crippen MR) is 99.5 cm³/mol. The Labute approximate surface area is 155 Å². The Morgan fingerprint density at radius 2 is 1.69 bits per heavy atom. The minimum atomic E-state index is -1.25. The quantitative estimate of drug-likeness (QED) is 0.841. The number of hydrogen-bond donors (Lipinski definition) is 2. The van der Waals surface area contributed by atoms with E-state index in [-0.39, 0.29) is 5.91 Å². The zero-order valence-corrected chi connectivity index (χ0v) is 15.4. The number of aliphatic hydroxyl groups is 2. The molecule has 26 heavy (non-hydrogen) atoms. The number of benzene rings is 1. The molecule has 2 heterocycles. The van der Waals surface area contributed by atoms with Gasteiger partial charge in [0.05, 0.1) is 5.60 Å². The highest BCUT2D eigenvalue weighted by Gasteiger charge is 2.45. The predicted octanol–water partition coefficient (Wildman–Crippen LogP) is 1.73. The molecule has 5 nitrogen and oxygen atoms in total. The molecule has 0 aromatic heterocycles. The Kier molecular flexibility index (Phi) is 4.80. The number of carbonyl (C=O) groups excluding carboxylic acids is 1. The normalized spacial score (nSPS) is 29.8.